The van der Waals surface area contributed by atoms with Gasteiger partial charge in [0.05, 0.1) is 29.0 Å². The smallest absolute Gasteiger partial charge is 0.343 e. The Morgan fingerprint density at radius 3 is 2.46 bits per heavy atom. The number of benzene rings is 3. The number of amides is 2. The van der Waals surface area contributed by atoms with Crippen molar-refractivity contribution in [2.45, 2.75) is 6.92 Å². The predicted molar refractivity (Wildman–Crippen MR) is 126 cm³/mol. The Labute approximate surface area is 199 Å². The summed E-state index contributed by atoms with van der Waals surface area (Å²) < 4.78 is 10.7. The topological polar surface area (TPSA) is 149 Å². The Morgan fingerprint density at radius 1 is 1.00 bits per heavy atom. The lowest BCUT2D eigenvalue weighted by atomic mass is 10.2. The summed E-state index contributed by atoms with van der Waals surface area (Å²) >= 11 is 0. The van der Waals surface area contributed by atoms with Crippen LogP contribution in [0.2, 0.25) is 0 Å². The number of anilines is 1. The van der Waals surface area contributed by atoms with Crippen LogP contribution in [-0.2, 0) is 9.59 Å². The SMILES string of the molecule is CCOc1ccccc1NC(=O)C(=O)N/N=C/c1cccc(OC(=O)c2ccc([N+](=O)[O-])cc2)c1. The summed E-state index contributed by atoms with van der Waals surface area (Å²) in [7, 11) is 0. The first kappa shape index (κ1) is 24.6. The van der Waals surface area contributed by atoms with E-state index in [-0.39, 0.29) is 17.0 Å². The number of nitro benzene ring substituents is 1. The number of nitrogens with zero attached hydrogens (tertiary/aromatic N) is 2. The molecule has 3 rings (SSSR count). The van der Waals surface area contributed by atoms with Crippen molar-refractivity contribution >= 4 is 35.4 Å². The number of nitrogens with one attached hydrogen (secondary N) is 2. The third-order valence-electron chi connectivity index (χ3n) is 4.40. The van der Waals surface area contributed by atoms with Crippen LogP contribution in [0.15, 0.2) is 77.9 Å². The van der Waals surface area contributed by atoms with Gasteiger partial charge in [0.15, 0.2) is 0 Å². The molecular formula is C24H20N4O7. The molecule has 11 heteroatoms. The molecule has 0 aliphatic rings. The van der Waals surface area contributed by atoms with E-state index in [1.54, 1.807) is 43.3 Å². The minimum atomic E-state index is -0.992. The van der Waals surface area contributed by atoms with Crippen molar-refractivity contribution in [3.8, 4) is 11.5 Å². The second-order valence-corrected chi connectivity index (χ2v) is 6.85. The van der Waals surface area contributed by atoms with E-state index in [1.807, 2.05) is 0 Å². The molecule has 0 saturated heterocycles. The monoisotopic (exact) mass is 476 g/mol. The normalized spacial score (nSPS) is 10.4. The Hall–Kier alpha value is -5.06. The number of para-hydroxylation sites is 2. The van der Waals surface area contributed by atoms with Gasteiger partial charge in [-0.1, -0.05) is 24.3 Å². The molecule has 0 spiro atoms. The highest BCUT2D eigenvalue weighted by Gasteiger charge is 2.15. The van der Waals surface area contributed by atoms with Gasteiger partial charge in [0.25, 0.3) is 5.69 Å². The fourth-order valence-corrected chi connectivity index (χ4v) is 2.79. The molecular weight excluding hydrogens is 456 g/mol. The minimum Gasteiger partial charge on any atom is -0.492 e. The number of hydrazone groups is 1. The lowest BCUT2D eigenvalue weighted by Crippen LogP contribution is -2.32. The molecule has 3 aromatic rings. The van der Waals surface area contributed by atoms with Gasteiger partial charge in [-0.15, -0.1) is 0 Å². The number of carbonyl (C=O) groups is 3. The van der Waals surface area contributed by atoms with Crippen LogP contribution in [0.5, 0.6) is 11.5 Å². The van der Waals surface area contributed by atoms with E-state index in [4.69, 9.17) is 9.47 Å². The fraction of sp³-hybridized carbons (Fsp3) is 0.0833. The quantitative estimate of drug-likeness (QED) is 0.126. The zero-order chi connectivity index (χ0) is 25.2. The van der Waals surface area contributed by atoms with Crippen molar-refractivity contribution in [2.24, 2.45) is 5.10 Å². The molecule has 3 aromatic carbocycles. The van der Waals surface area contributed by atoms with Crippen LogP contribution in [0.4, 0.5) is 11.4 Å². The molecule has 0 heterocycles. The molecule has 0 atom stereocenters. The molecule has 2 amide bonds. The van der Waals surface area contributed by atoms with E-state index >= 15 is 0 Å². The molecule has 0 aliphatic heterocycles. The van der Waals surface area contributed by atoms with Crippen molar-refractivity contribution < 1.29 is 28.8 Å². The third-order valence-corrected chi connectivity index (χ3v) is 4.40. The van der Waals surface area contributed by atoms with Crippen molar-refractivity contribution in [3.05, 3.63) is 94.0 Å². The zero-order valence-electron chi connectivity index (χ0n) is 18.5. The van der Waals surface area contributed by atoms with E-state index in [9.17, 15) is 24.5 Å². The van der Waals surface area contributed by atoms with Gasteiger partial charge in [0.1, 0.15) is 11.5 Å². The molecule has 0 radical (unpaired) electrons. The highest BCUT2D eigenvalue weighted by molar-refractivity contribution is 6.39. The van der Waals surface area contributed by atoms with E-state index in [0.717, 1.165) is 0 Å². The summed E-state index contributed by atoms with van der Waals surface area (Å²) in [5, 5.41) is 16.9. The number of non-ortho nitro benzene ring substituents is 1. The molecule has 35 heavy (non-hydrogen) atoms. The summed E-state index contributed by atoms with van der Waals surface area (Å²) in [4.78, 5) is 46.6. The fourth-order valence-electron chi connectivity index (χ4n) is 2.79. The van der Waals surface area contributed by atoms with Crippen molar-refractivity contribution in [1.29, 1.82) is 0 Å². The van der Waals surface area contributed by atoms with Gasteiger partial charge < -0.3 is 14.8 Å². The van der Waals surface area contributed by atoms with Gasteiger partial charge >= 0.3 is 17.8 Å². The second kappa shape index (κ2) is 11.7. The predicted octanol–water partition coefficient (Wildman–Crippen LogP) is 3.30. The van der Waals surface area contributed by atoms with Gasteiger partial charge in [0.2, 0.25) is 0 Å². The first-order chi connectivity index (χ1) is 16.9. The largest absolute Gasteiger partial charge is 0.492 e. The lowest BCUT2D eigenvalue weighted by molar-refractivity contribution is -0.384. The maximum absolute atomic E-state index is 12.3. The second-order valence-electron chi connectivity index (χ2n) is 6.85. The average molecular weight is 476 g/mol. The molecule has 0 aliphatic carbocycles. The molecule has 0 saturated carbocycles. The Kier molecular flexibility index (Phi) is 8.22. The van der Waals surface area contributed by atoms with Crippen molar-refractivity contribution in [2.75, 3.05) is 11.9 Å². The Balaban J connectivity index is 1.57. The van der Waals surface area contributed by atoms with Crippen LogP contribution >= 0.6 is 0 Å². The molecule has 0 bridgehead atoms. The number of ether oxygens (including phenoxy) is 2. The first-order valence-corrected chi connectivity index (χ1v) is 10.3. The summed E-state index contributed by atoms with van der Waals surface area (Å²) in [5.74, 6) is -2.01. The maximum atomic E-state index is 12.3. The zero-order valence-corrected chi connectivity index (χ0v) is 18.5. The average Bonchev–Trinajstić information content (AvgIpc) is 2.85. The number of carbonyl (C=O) groups excluding carboxylic acids is 3. The molecule has 0 fully saturated rings. The van der Waals surface area contributed by atoms with Gasteiger partial charge in [-0.05, 0) is 48.9 Å². The van der Waals surface area contributed by atoms with E-state index in [0.29, 0.717) is 23.6 Å². The Bertz CT molecular complexity index is 1270. The number of nitro groups is 1. The van der Waals surface area contributed by atoms with Gasteiger partial charge in [-0.3, -0.25) is 19.7 Å². The van der Waals surface area contributed by atoms with Crippen LogP contribution in [-0.4, -0.2) is 35.5 Å². The molecule has 0 unspecified atom stereocenters. The summed E-state index contributed by atoms with van der Waals surface area (Å²) in [6.07, 6.45) is 1.27. The third kappa shape index (κ3) is 6.96. The summed E-state index contributed by atoms with van der Waals surface area (Å²) in [6, 6.07) is 17.9. The van der Waals surface area contributed by atoms with E-state index in [2.05, 4.69) is 15.8 Å². The van der Waals surface area contributed by atoms with Crippen LogP contribution < -0.4 is 20.2 Å². The van der Waals surface area contributed by atoms with E-state index < -0.39 is 22.7 Å². The first-order valence-electron chi connectivity index (χ1n) is 10.3. The highest BCUT2D eigenvalue weighted by Crippen LogP contribution is 2.23. The number of rotatable bonds is 8. The highest BCUT2D eigenvalue weighted by atomic mass is 16.6. The number of hydrogen-bond donors (Lipinski definition) is 2. The van der Waals surface area contributed by atoms with Crippen LogP contribution in [0.3, 0.4) is 0 Å². The summed E-state index contributed by atoms with van der Waals surface area (Å²) in [6.45, 7) is 2.19. The standard InChI is InChI=1S/C24H20N4O7/c1-2-34-21-9-4-3-8-20(21)26-22(29)23(30)27-25-15-16-6-5-7-19(14-16)35-24(31)17-10-12-18(13-11-17)28(32)33/h3-15H,2H2,1H3,(H,26,29)(H,27,30)/b25-15+. The number of esters is 1. The molecule has 0 aromatic heterocycles. The van der Waals surface area contributed by atoms with Crippen molar-refractivity contribution in [3.63, 3.8) is 0 Å². The molecule has 178 valence electrons. The van der Waals surface area contributed by atoms with Gasteiger partial charge in [-0.25, -0.2) is 10.2 Å². The van der Waals surface area contributed by atoms with Crippen molar-refractivity contribution in [1.82, 2.24) is 5.43 Å². The van der Waals surface area contributed by atoms with Crippen LogP contribution in [0, 0.1) is 10.1 Å². The lowest BCUT2D eigenvalue weighted by Gasteiger charge is -2.10. The number of hydrogen-bond acceptors (Lipinski definition) is 8. The Morgan fingerprint density at radius 2 is 1.74 bits per heavy atom. The molecule has 2 N–H and O–H groups in total. The van der Waals surface area contributed by atoms with E-state index in [1.165, 1.54) is 42.6 Å². The minimum absolute atomic E-state index is 0.138. The van der Waals surface area contributed by atoms with Gasteiger partial charge in [0, 0.05) is 12.1 Å². The maximum Gasteiger partial charge on any atom is 0.343 e. The summed E-state index contributed by atoms with van der Waals surface area (Å²) in [5.41, 5.74) is 2.93. The van der Waals surface area contributed by atoms with Gasteiger partial charge in [-0.2, -0.15) is 5.10 Å². The van der Waals surface area contributed by atoms with Crippen LogP contribution in [0.1, 0.15) is 22.8 Å². The molecule has 11 nitrogen and oxygen atoms in total. The van der Waals surface area contributed by atoms with Crippen LogP contribution in [0.25, 0.3) is 0 Å².